The van der Waals surface area contributed by atoms with E-state index in [9.17, 15) is 18.3 Å². The molecule has 0 amide bonds. The molecule has 28 heavy (non-hydrogen) atoms. The monoisotopic (exact) mass is 412 g/mol. The molecule has 2 aromatic heterocycles. The number of nitrogens with zero attached hydrogens (tertiary/aromatic N) is 3. The van der Waals surface area contributed by atoms with Gasteiger partial charge in [0.2, 0.25) is 0 Å². The summed E-state index contributed by atoms with van der Waals surface area (Å²) < 4.78 is 38.1. The molecule has 0 bridgehead atoms. The zero-order chi connectivity index (χ0) is 20.1. The Bertz CT molecular complexity index is 864. The van der Waals surface area contributed by atoms with Gasteiger partial charge in [0.05, 0.1) is 23.0 Å². The molecule has 150 valence electrons. The third kappa shape index (κ3) is 5.88. The predicted octanol–water partition coefficient (Wildman–Crippen LogP) is 3.86. The van der Waals surface area contributed by atoms with Crippen molar-refractivity contribution >= 4 is 17.3 Å². The third-order valence-corrected chi connectivity index (χ3v) is 4.86. The van der Waals surface area contributed by atoms with Crippen LogP contribution in [0.2, 0.25) is 5.15 Å². The lowest BCUT2D eigenvalue weighted by atomic mass is 9.86. The van der Waals surface area contributed by atoms with Crippen LogP contribution in [-0.4, -0.2) is 38.7 Å². The number of pyridine rings is 1. The Morgan fingerprint density at radius 1 is 1.21 bits per heavy atom. The molecule has 0 atom stereocenters. The molecular weight excluding hydrogens is 393 g/mol. The van der Waals surface area contributed by atoms with E-state index in [0.717, 1.165) is 36.1 Å². The summed E-state index contributed by atoms with van der Waals surface area (Å²) in [5, 5.41) is 16.7. The van der Waals surface area contributed by atoms with Crippen molar-refractivity contribution in [2.24, 2.45) is 5.92 Å². The molecular formula is C19H20ClF3N4O. The molecule has 0 spiro atoms. The minimum absolute atomic E-state index is 0.215. The molecule has 0 aliphatic heterocycles. The van der Waals surface area contributed by atoms with Crippen molar-refractivity contribution in [1.82, 2.24) is 14.8 Å². The Morgan fingerprint density at radius 3 is 2.64 bits per heavy atom. The van der Waals surface area contributed by atoms with Crippen LogP contribution in [0.4, 0.5) is 18.9 Å². The molecule has 0 unspecified atom stereocenters. The molecule has 0 saturated heterocycles. The Kier molecular flexibility index (Phi) is 6.47. The van der Waals surface area contributed by atoms with E-state index in [1.165, 1.54) is 18.6 Å². The van der Waals surface area contributed by atoms with Crippen LogP contribution in [0.5, 0.6) is 0 Å². The van der Waals surface area contributed by atoms with Gasteiger partial charge in [0.25, 0.3) is 0 Å². The molecule has 0 aromatic carbocycles. The average molecular weight is 413 g/mol. The van der Waals surface area contributed by atoms with Crippen LogP contribution >= 0.6 is 11.6 Å². The second-order valence-corrected chi connectivity index (χ2v) is 7.28. The summed E-state index contributed by atoms with van der Waals surface area (Å²) >= 11 is 6.01. The van der Waals surface area contributed by atoms with E-state index in [1.807, 2.05) is 0 Å². The SMILES string of the molecule is OCC1CCC(Nc2cc(Cl)ncc2C#Cc2cnn(CC(F)(F)F)c2)CC1. The van der Waals surface area contributed by atoms with Gasteiger partial charge in [0, 0.05) is 25.0 Å². The van der Waals surface area contributed by atoms with Gasteiger partial charge in [-0.05, 0) is 37.7 Å². The molecule has 5 nitrogen and oxygen atoms in total. The Hall–Kier alpha value is -2.24. The number of halogens is 4. The summed E-state index contributed by atoms with van der Waals surface area (Å²) in [6.07, 6.45) is 3.53. The van der Waals surface area contributed by atoms with Crippen LogP contribution in [0.3, 0.4) is 0 Å². The fourth-order valence-corrected chi connectivity index (χ4v) is 3.35. The highest BCUT2D eigenvalue weighted by atomic mass is 35.5. The Balaban J connectivity index is 1.72. The van der Waals surface area contributed by atoms with E-state index in [0.29, 0.717) is 22.2 Å². The van der Waals surface area contributed by atoms with Gasteiger partial charge in [-0.2, -0.15) is 18.3 Å². The van der Waals surface area contributed by atoms with Crippen LogP contribution in [0, 0.1) is 17.8 Å². The molecule has 1 aliphatic carbocycles. The van der Waals surface area contributed by atoms with Crippen molar-refractivity contribution in [2.45, 2.75) is 44.4 Å². The minimum Gasteiger partial charge on any atom is -0.396 e. The number of rotatable bonds is 4. The van der Waals surface area contributed by atoms with Crippen LogP contribution in [0.1, 0.15) is 36.8 Å². The van der Waals surface area contributed by atoms with Crippen LogP contribution in [-0.2, 0) is 6.54 Å². The zero-order valence-corrected chi connectivity index (χ0v) is 15.8. The third-order valence-electron chi connectivity index (χ3n) is 4.65. The normalized spacial score (nSPS) is 19.8. The standard InChI is InChI=1S/C19H20ClF3N4O/c20-18-7-17(26-16-5-2-13(11-28)3-6-16)15(9-24-18)4-1-14-8-25-27(10-14)12-19(21,22)23/h7-10,13,16,28H,2-3,5-6,11-12H2,(H,24,26). The number of nitrogens with one attached hydrogen (secondary N) is 1. The molecule has 0 radical (unpaired) electrons. The minimum atomic E-state index is -4.33. The van der Waals surface area contributed by atoms with Gasteiger partial charge in [-0.15, -0.1) is 0 Å². The zero-order valence-electron chi connectivity index (χ0n) is 15.0. The molecule has 3 rings (SSSR count). The maximum atomic E-state index is 12.4. The number of aromatic nitrogens is 3. The second kappa shape index (κ2) is 8.84. The lowest BCUT2D eigenvalue weighted by Gasteiger charge is -2.29. The predicted molar refractivity (Wildman–Crippen MR) is 100.0 cm³/mol. The second-order valence-electron chi connectivity index (χ2n) is 6.89. The van der Waals surface area contributed by atoms with Crippen molar-refractivity contribution in [3.8, 4) is 11.8 Å². The highest BCUT2D eigenvalue weighted by Gasteiger charge is 2.28. The van der Waals surface area contributed by atoms with Gasteiger partial charge >= 0.3 is 6.18 Å². The summed E-state index contributed by atoms with van der Waals surface area (Å²) in [4.78, 5) is 4.04. The first kappa shape index (κ1) is 20.5. The topological polar surface area (TPSA) is 63.0 Å². The molecule has 1 fully saturated rings. The molecule has 1 aliphatic rings. The highest BCUT2D eigenvalue weighted by Crippen LogP contribution is 2.28. The number of alkyl halides is 3. The van der Waals surface area contributed by atoms with E-state index in [2.05, 4.69) is 27.2 Å². The molecule has 9 heteroatoms. The summed E-state index contributed by atoms with van der Waals surface area (Å²) in [7, 11) is 0. The van der Waals surface area contributed by atoms with Gasteiger partial charge in [-0.25, -0.2) is 4.98 Å². The lowest BCUT2D eigenvalue weighted by Crippen LogP contribution is -2.27. The van der Waals surface area contributed by atoms with Crippen LogP contribution < -0.4 is 5.32 Å². The number of aliphatic hydroxyl groups is 1. The summed E-state index contributed by atoms with van der Waals surface area (Å²) in [6.45, 7) is -0.937. The van der Waals surface area contributed by atoms with Crippen molar-refractivity contribution in [1.29, 1.82) is 0 Å². The van der Waals surface area contributed by atoms with Crippen molar-refractivity contribution in [3.63, 3.8) is 0 Å². The van der Waals surface area contributed by atoms with Crippen molar-refractivity contribution in [2.75, 3.05) is 11.9 Å². The van der Waals surface area contributed by atoms with Crippen LogP contribution in [0.15, 0.2) is 24.7 Å². The number of anilines is 1. The fourth-order valence-electron chi connectivity index (χ4n) is 3.20. The largest absolute Gasteiger partial charge is 0.408 e. The highest BCUT2D eigenvalue weighted by molar-refractivity contribution is 6.29. The molecule has 2 N–H and O–H groups in total. The van der Waals surface area contributed by atoms with E-state index >= 15 is 0 Å². The summed E-state index contributed by atoms with van der Waals surface area (Å²) in [6, 6.07) is 1.94. The van der Waals surface area contributed by atoms with Crippen LogP contribution in [0.25, 0.3) is 0 Å². The summed E-state index contributed by atoms with van der Waals surface area (Å²) in [5.41, 5.74) is 1.73. The molecule has 2 heterocycles. The molecule has 2 aromatic rings. The number of hydrogen-bond acceptors (Lipinski definition) is 4. The maximum Gasteiger partial charge on any atom is 0.408 e. The first-order valence-electron chi connectivity index (χ1n) is 8.96. The van der Waals surface area contributed by atoms with Gasteiger partial charge in [0.1, 0.15) is 11.7 Å². The van der Waals surface area contributed by atoms with E-state index in [1.54, 1.807) is 6.07 Å². The number of aliphatic hydroxyl groups excluding tert-OH is 1. The fraction of sp³-hybridized carbons (Fsp3) is 0.474. The van der Waals surface area contributed by atoms with E-state index in [4.69, 9.17) is 11.6 Å². The smallest absolute Gasteiger partial charge is 0.396 e. The van der Waals surface area contributed by atoms with Gasteiger partial charge in [-0.1, -0.05) is 23.4 Å². The maximum absolute atomic E-state index is 12.4. The van der Waals surface area contributed by atoms with E-state index in [-0.39, 0.29) is 12.6 Å². The Morgan fingerprint density at radius 2 is 1.96 bits per heavy atom. The average Bonchev–Trinajstić information content (AvgIpc) is 3.07. The quantitative estimate of drug-likeness (QED) is 0.591. The van der Waals surface area contributed by atoms with Gasteiger partial charge in [-0.3, -0.25) is 4.68 Å². The Labute approximate surface area is 165 Å². The summed E-state index contributed by atoms with van der Waals surface area (Å²) in [5.74, 6) is 6.11. The first-order chi connectivity index (χ1) is 13.3. The van der Waals surface area contributed by atoms with Gasteiger partial charge < -0.3 is 10.4 Å². The van der Waals surface area contributed by atoms with Gasteiger partial charge in [0.15, 0.2) is 0 Å². The molecule has 1 saturated carbocycles. The lowest BCUT2D eigenvalue weighted by molar-refractivity contribution is -0.142. The first-order valence-corrected chi connectivity index (χ1v) is 9.34. The van der Waals surface area contributed by atoms with E-state index < -0.39 is 12.7 Å². The number of hydrogen-bond donors (Lipinski definition) is 2. The van der Waals surface area contributed by atoms with Crippen molar-refractivity contribution in [3.05, 3.63) is 40.9 Å². The van der Waals surface area contributed by atoms with Crippen molar-refractivity contribution < 1.29 is 18.3 Å².